The van der Waals surface area contributed by atoms with E-state index in [1.54, 1.807) is 30.3 Å². The molecule has 0 atom stereocenters. The first-order chi connectivity index (χ1) is 10.5. The van der Waals surface area contributed by atoms with E-state index in [1.807, 2.05) is 6.07 Å². The lowest BCUT2D eigenvalue weighted by molar-refractivity contribution is -0.127. The van der Waals surface area contributed by atoms with E-state index in [0.29, 0.717) is 23.5 Å². The Balaban J connectivity index is 2.20. The minimum absolute atomic E-state index is 0.226. The molecule has 0 radical (unpaired) electrons. The second-order valence-corrected chi connectivity index (χ2v) is 5.54. The van der Waals surface area contributed by atoms with Gasteiger partial charge in [-0.3, -0.25) is 0 Å². The number of halogens is 3. The van der Waals surface area contributed by atoms with Crippen molar-refractivity contribution in [1.82, 2.24) is 0 Å². The molecule has 120 valence electrons. The topological polar surface area (TPSA) is 13.1 Å². The number of furan rings is 1. The second kappa shape index (κ2) is 7.52. The van der Waals surface area contributed by atoms with Gasteiger partial charge in [-0.15, -0.1) is 0 Å². The lowest BCUT2D eigenvalue weighted by Gasteiger charge is -2.06. The fraction of sp³-hybridized carbons (Fsp3) is 0.444. The molecule has 1 aromatic heterocycles. The van der Waals surface area contributed by atoms with Gasteiger partial charge in [0, 0.05) is 17.5 Å². The van der Waals surface area contributed by atoms with Gasteiger partial charge in [0.05, 0.1) is 6.42 Å². The molecule has 0 saturated heterocycles. The predicted molar refractivity (Wildman–Crippen MR) is 81.7 cm³/mol. The number of benzene rings is 1. The number of rotatable bonds is 7. The Bertz CT molecular complexity index is 570. The van der Waals surface area contributed by atoms with Crippen LogP contribution < -0.4 is 0 Å². The summed E-state index contributed by atoms with van der Waals surface area (Å²) in [6.45, 7) is 2.13. The molecule has 0 fully saturated rings. The maximum Gasteiger partial charge on any atom is 0.393 e. The molecule has 0 bridgehead atoms. The van der Waals surface area contributed by atoms with Crippen molar-refractivity contribution in [2.24, 2.45) is 0 Å². The fourth-order valence-corrected chi connectivity index (χ4v) is 2.52. The van der Waals surface area contributed by atoms with E-state index in [9.17, 15) is 13.2 Å². The molecule has 1 heterocycles. The van der Waals surface area contributed by atoms with Crippen molar-refractivity contribution in [3.05, 3.63) is 47.7 Å². The molecule has 0 spiro atoms. The summed E-state index contributed by atoms with van der Waals surface area (Å²) in [7, 11) is 0. The summed E-state index contributed by atoms with van der Waals surface area (Å²) in [6.07, 6.45) is -0.192. The number of hydrogen-bond acceptors (Lipinski definition) is 1. The van der Waals surface area contributed by atoms with E-state index in [1.165, 1.54) is 0 Å². The van der Waals surface area contributed by atoms with Crippen molar-refractivity contribution in [2.75, 3.05) is 0 Å². The fourth-order valence-electron chi connectivity index (χ4n) is 2.52. The third kappa shape index (κ3) is 4.93. The van der Waals surface area contributed by atoms with Crippen LogP contribution in [0.25, 0.3) is 11.3 Å². The first kappa shape index (κ1) is 16.7. The quantitative estimate of drug-likeness (QED) is 0.557. The van der Waals surface area contributed by atoms with Gasteiger partial charge in [-0.2, -0.15) is 13.2 Å². The van der Waals surface area contributed by atoms with Gasteiger partial charge in [-0.05, 0) is 12.5 Å². The SMILES string of the molecule is CCCCCCc1cc(CC(F)(F)F)c(-c2ccccc2)o1. The summed E-state index contributed by atoms with van der Waals surface area (Å²) < 4.78 is 44.0. The van der Waals surface area contributed by atoms with Crippen LogP contribution in [0, 0.1) is 0 Å². The molecule has 2 rings (SSSR count). The minimum Gasteiger partial charge on any atom is -0.461 e. The molecular formula is C18H21F3O. The van der Waals surface area contributed by atoms with E-state index in [2.05, 4.69) is 6.92 Å². The largest absolute Gasteiger partial charge is 0.461 e. The molecule has 0 aliphatic heterocycles. The summed E-state index contributed by atoms with van der Waals surface area (Å²) in [4.78, 5) is 0. The van der Waals surface area contributed by atoms with E-state index in [0.717, 1.165) is 25.7 Å². The lowest BCUT2D eigenvalue weighted by Crippen LogP contribution is -2.11. The van der Waals surface area contributed by atoms with Gasteiger partial charge in [0.15, 0.2) is 0 Å². The number of unbranched alkanes of at least 4 members (excludes halogenated alkanes) is 3. The number of alkyl halides is 3. The van der Waals surface area contributed by atoms with Gasteiger partial charge in [0.2, 0.25) is 0 Å². The molecule has 22 heavy (non-hydrogen) atoms. The van der Waals surface area contributed by atoms with Crippen LogP contribution in [0.3, 0.4) is 0 Å². The van der Waals surface area contributed by atoms with Gasteiger partial charge in [-0.1, -0.05) is 56.5 Å². The number of aryl methyl sites for hydroxylation is 1. The maximum atomic E-state index is 12.8. The first-order valence-electron chi connectivity index (χ1n) is 7.73. The summed E-state index contributed by atoms with van der Waals surface area (Å²) in [6, 6.07) is 10.6. The van der Waals surface area contributed by atoms with Crippen LogP contribution in [0.2, 0.25) is 0 Å². The zero-order chi connectivity index (χ0) is 16.0. The molecule has 0 aliphatic rings. The van der Waals surface area contributed by atoms with Crippen molar-refractivity contribution in [3.8, 4) is 11.3 Å². The Labute approximate surface area is 129 Å². The van der Waals surface area contributed by atoms with Crippen molar-refractivity contribution in [2.45, 2.75) is 51.6 Å². The van der Waals surface area contributed by atoms with Crippen LogP contribution in [-0.4, -0.2) is 6.18 Å². The molecule has 0 saturated carbocycles. The normalized spacial score (nSPS) is 11.8. The zero-order valence-electron chi connectivity index (χ0n) is 12.7. The molecule has 2 aromatic rings. The zero-order valence-corrected chi connectivity index (χ0v) is 12.7. The van der Waals surface area contributed by atoms with Crippen LogP contribution >= 0.6 is 0 Å². The van der Waals surface area contributed by atoms with Gasteiger partial charge in [0.25, 0.3) is 0 Å². The van der Waals surface area contributed by atoms with Gasteiger partial charge < -0.3 is 4.42 Å². The Hall–Kier alpha value is -1.71. The molecule has 0 N–H and O–H groups in total. The highest BCUT2D eigenvalue weighted by atomic mass is 19.4. The number of hydrogen-bond donors (Lipinski definition) is 0. The maximum absolute atomic E-state index is 12.8. The smallest absolute Gasteiger partial charge is 0.393 e. The second-order valence-electron chi connectivity index (χ2n) is 5.54. The van der Waals surface area contributed by atoms with Crippen LogP contribution in [0.4, 0.5) is 13.2 Å². The Kier molecular flexibility index (Phi) is 5.69. The summed E-state index contributed by atoms with van der Waals surface area (Å²) in [5.74, 6) is 0.998. The predicted octanol–water partition coefficient (Wildman–Crippen LogP) is 6.17. The molecular weight excluding hydrogens is 289 g/mol. The van der Waals surface area contributed by atoms with Crippen molar-refractivity contribution in [3.63, 3.8) is 0 Å². The van der Waals surface area contributed by atoms with Crippen molar-refractivity contribution in [1.29, 1.82) is 0 Å². The molecule has 0 amide bonds. The highest BCUT2D eigenvalue weighted by Gasteiger charge is 2.30. The Morgan fingerprint density at radius 1 is 1.00 bits per heavy atom. The van der Waals surface area contributed by atoms with Crippen LogP contribution in [0.15, 0.2) is 40.8 Å². The monoisotopic (exact) mass is 310 g/mol. The third-order valence-corrected chi connectivity index (χ3v) is 3.56. The van der Waals surface area contributed by atoms with E-state index in [-0.39, 0.29) is 5.56 Å². The van der Waals surface area contributed by atoms with Crippen molar-refractivity contribution >= 4 is 0 Å². The Morgan fingerprint density at radius 3 is 2.36 bits per heavy atom. The molecule has 0 unspecified atom stereocenters. The van der Waals surface area contributed by atoms with E-state index in [4.69, 9.17) is 4.42 Å². The summed E-state index contributed by atoms with van der Waals surface area (Å²) in [5, 5.41) is 0. The Morgan fingerprint density at radius 2 is 1.73 bits per heavy atom. The summed E-state index contributed by atoms with van der Waals surface area (Å²) >= 11 is 0. The van der Waals surface area contributed by atoms with Crippen LogP contribution in [0.1, 0.15) is 43.9 Å². The average molecular weight is 310 g/mol. The van der Waals surface area contributed by atoms with E-state index < -0.39 is 12.6 Å². The standard InChI is InChI=1S/C18H21F3O/c1-2-3-4-8-11-16-12-15(13-18(19,20)21)17(22-16)14-9-6-5-7-10-14/h5-7,9-10,12H,2-4,8,11,13H2,1H3. The third-order valence-electron chi connectivity index (χ3n) is 3.56. The molecule has 4 heteroatoms. The average Bonchev–Trinajstić information content (AvgIpc) is 2.85. The van der Waals surface area contributed by atoms with E-state index >= 15 is 0 Å². The highest BCUT2D eigenvalue weighted by Crippen LogP contribution is 2.32. The minimum atomic E-state index is -4.23. The molecule has 1 aromatic carbocycles. The molecule has 0 aliphatic carbocycles. The van der Waals surface area contributed by atoms with Crippen LogP contribution in [-0.2, 0) is 12.8 Å². The first-order valence-corrected chi connectivity index (χ1v) is 7.73. The van der Waals surface area contributed by atoms with Crippen molar-refractivity contribution < 1.29 is 17.6 Å². The van der Waals surface area contributed by atoms with Crippen LogP contribution in [0.5, 0.6) is 0 Å². The molecule has 1 nitrogen and oxygen atoms in total. The lowest BCUT2D eigenvalue weighted by atomic mass is 10.1. The van der Waals surface area contributed by atoms with Gasteiger partial charge in [-0.25, -0.2) is 0 Å². The van der Waals surface area contributed by atoms with Gasteiger partial charge in [0.1, 0.15) is 11.5 Å². The van der Waals surface area contributed by atoms with Gasteiger partial charge >= 0.3 is 6.18 Å². The summed E-state index contributed by atoms with van der Waals surface area (Å²) in [5.41, 5.74) is 0.922. The highest BCUT2D eigenvalue weighted by molar-refractivity contribution is 5.62.